The van der Waals surface area contributed by atoms with E-state index in [1.807, 2.05) is 12.1 Å². The molecule has 0 aliphatic carbocycles. The fraction of sp³-hybridized carbons (Fsp3) is 0.591. The lowest BCUT2D eigenvalue weighted by Crippen LogP contribution is -2.62. The SMILES string of the molecule is CO[C@@H]1[C@H](O)[C@@H](O)[C@H](c2ccc3c(N4CCNCC4)cc(=O)oc3c2C)O[C@]1(C)CO. The summed E-state index contributed by atoms with van der Waals surface area (Å²) in [5, 5.41) is 35.4. The van der Waals surface area contributed by atoms with Crippen molar-refractivity contribution in [3.8, 4) is 0 Å². The summed E-state index contributed by atoms with van der Waals surface area (Å²) in [4.78, 5) is 14.5. The number of anilines is 1. The van der Waals surface area contributed by atoms with E-state index in [0.29, 0.717) is 16.7 Å². The van der Waals surface area contributed by atoms with Crippen molar-refractivity contribution in [1.29, 1.82) is 0 Å². The fourth-order valence-corrected chi connectivity index (χ4v) is 4.74. The average Bonchev–Trinajstić information content (AvgIpc) is 2.78. The van der Waals surface area contributed by atoms with Crippen molar-refractivity contribution >= 4 is 16.7 Å². The zero-order chi connectivity index (χ0) is 22.3. The molecule has 31 heavy (non-hydrogen) atoms. The first-order chi connectivity index (χ1) is 14.8. The Morgan fingerprint density at radius 2 is 1.97 bits per heavy atom. The van der Waals surface area contributed by atoms with Crippen LogP contribution in [0, 0.1) is 6.92 Å². The summed E-state index contributed by atoms with van der Waals surface area (Å²) < 4.78 is 16.9. The van der Waals surface area contributed by atoms with E-state index in [0.717, 1.165) is 37.3 Å². The van der Waals surface area contributed by atoms with Crippen LogP contribution < -0.4 is 15.8 Å². The predicted molar refractivity (Wildman–Crippen MR) is 114 cm³/mol. The maximum atomic E-state index is 12.4. The van der Waals surface area contributed by atoms with E-state index in [2.05, 4.69) is 10.2 Å². The first-order valence-electron chi connectivity index (χ1n) is 10.5. The zero-order valence-corrected chi connectivity index (χ0v) is 18.0. The molecule has 2 saturated heterocycles. The number of benzene rings is 1. The van der Waals surface area contributed by atoms with Crippen LogP contribution in [0.25, 0.3) is 11.0 Å². The molecule has 0 spiro atoms. The van der Waals surface area contributed by atoms with E-state index in [1.165, 1.54) is 13.2 Å². The molecular formula is C22H30N2O7. The van der Waals surface area contributed by atoms with Crippen LogP contribution in [-0.4, -0.2) is 79.1 Å². The van der Waals surface area contributed by atoms with E-state index in [-0.39, 0.29) is 0 Å². The minimum Gasteiger partial charge on any atom is -0.422 e. The molecule has 0 radical (unpaired) electrons. The number of rotatable bonds is 4. The van der Waals surface area contributed by atoms with Crippen molar-refractivity contribution < 1.29 is 29.2 Å². The van der Waals surface area contributed by atoms with Gasteiger partial charge in [-0.1, -0.05) is 6.07 Å². The summed E-state index contributed by atoms with van der Waals surface area (Å²) in [6.07, 6.45) is -4.39. The van der Waals surface area contributed by atoms with E-state index in [9.17, 15) is 20.1 Å². The van der Waals surface area contributed by atoms with Gasteiger partial charge in [-0.25, -0.2) is 4.79 Å². The van der Waals surface area contributed by atoms with Crippen LogP contribution in [0.3, 0.4) is 0 Å². The molecule has 2 aliphatic rings. The molecule has 1 aromatic carbocycles. The van der Waals surface area contributed by atoms with Gasteiger partial charge in [-0.2, -0.15) is 0 Å². The second-order valence-corrected chi connectivity index (χ2v) is 8.49. The minimum atomic E-state index is -1.29. The van der Waals surface area contributed by atoms with Gasteiger partial charge in [0.1, 0.15) is 35.6 Å². The molecule has 4 N–H and O–H groups in total. The van der Waals surface area contributed by atoms with Gasteiger partial charge >= 0.3 is 5.63 Å². The van der Waals surface area contributed by atoms with E-state index in [1.54, 1.807) is 13.8 Å². The number of hydrogen-bond donors (Lipinski definition) is 4. The molecule has 9 heteroatoms. The third-order valence-corrected chi connectivity index (χ3v) is 6.48. The van der Waals surface area contributed by atoms with Crippen molar-refractivity contribution in [2.75, 3.05) is 44.8 Å². The second kappa shape index (κ2) is 8.50. The van der Waals surface area contributed by atoms with Crippen molar-refractivity contribution in [1.82, 2.24) is 5.32 Å². The molecular weight excluding hydrogens is 404 g/mol. The predicted octanol–water partition coefficient (Wildman–Crippen LogP) is 0.0701. The lowest BCUT2D eigenvalue weighted by atomic mass is 9.83. The Labute approximate surface area is 180 Å². The first kappa shape index (κ1) is 22.2. The number of piperazine rings is 1. The van der Waals surface area contributed by atoms with Crippen LogP contribution in [0.1, 0.15) is 24.2 Å². The van der Waals surface area contributed by atoms with Crippen molar-refractivity contribution in [3.63, 3.8) is 0 Å². The summed E-state index contributed by atoms with van der Waals surface area (Å²) in [7, 11) is 1.39. The van der Waals surface area contributed by atoms with Gasteiger partial charge in [0.25, 0.3) is 0 Å². The molecule has 4 rings (SSSR count). The Morgan fingerprint density at radius 1 is 1.26 bits per heavy atom. The van der Waals surface area contributed by atoms with Gasteiger partial charge in [0.15, 0.2) is 0 Å². The Balaban J connectivity index is 1.80. The van der Waals surface area contributed by atoms with Crippen molar-refractivity contribution in [3.05, 3.63) is 39.7 Å². The summed E-state index contributed by atoms with van der Waals surface area (Å²) in [5.41, 5.74) is 0.776. The molecule has 0 amide bonds. The van der Waals surface area contributed by atoms with E-state index >= 15 is 0 Å². The van der Waals surface area contributed by atoms with Crippen LogP contribution in [-0.2, 0) is 9.47 Å². The van der Waals surface area contributed by atoms with E-state index < -0.39 is 42.2 Å². The number of methoxy groups -OCH3 is 1. The fourth-order valence-electron chi connectivity index (χ4n) is 4.74. The Kier molecular flexibility index (Phi) is 6.08. The highest BCUT2D eigenvalue weighted by Gasteiger charge is 2.52. The Hall–Kier alpha value is -2.01. The third-order valence-electron chi connectivity index (χ3n) is 6.48. The molecule has 3 heterocycles. The Morgan fingerprint density at radius 3 is 2.61 bits per heavy atom. The average molecular weight is 434 g/mol. The van der Waals surface area contributed by atoms with Crippen LogP contribution in [0.15, 0.2) is 27.4 Å². The standard InChI is InChI=1S/C22H30N2O7/c1-12-13(20-17(27)18(28)21(29-3)22(2,11-25)31-20)4-5-14-15(10-16(26)30-19(12)14)24-8-6-23-7-9-24/h4-5,10,17-18,20-21,23,25,27-28H,6-9,11H2,1-3H3/t17-,18-,20+,21-,22-/m1/s1. The highest BCUT2D eigenvalue weighted by molar-refractivity contribution is 5.92. The highest BCUT2D eigenvalue weighted by atomic mass is 16.6. The van der Waals surface area contributed by atoms with Crippen LogP contribution in [0.5, 0.6) is 0 Å². The van der Waals surface area contributed by atoms with Crippen LogP contribution in [0.4, 0.5) is 5.69 Å². The number of nitrogens with one attached hydrogen (secondary N) is 1. The number of nitrogens with zero attached hydrogens (tertiary/aromatic N) is 1. The number of hydrogen-bond acceptors (Lipinski definition) is 9. The monoisotopic (exact) mass is 434 g/mol. The summed E-state index contributed by atoms with van der Waals surface area (Å²) >= 11 is 0. The summed E-state index contributed by atoms with van der Waals surface area (Å²) in [6, 6.07) is 5.17. The van der Waals surface area contributed by atoms with E-state index in [4.69, 9.17) is 13.9 Å². The van der Waals surface area contributed by atoms with Gasteiger partial charge < -0.3 is 39.4 Å². The quantitative estimate of drug-likeness (QED) is 0.495. The van der Waals surface area contributed by atoms with Crippen molar-refractivity contribution in [2.45, 2.75) is 43.9 Å². The molecule has 9 nitrogen and oxygen atoms in total. The molecule has 0 bridgehead atoms. The van der Waals surface area contributed by atoms with Gasteiger partial charge in [0, 0.05) is 44.7 Å². The zero-order valence-electron chi connectivity index (χ0n) is 18.0. The molecule has 5 atom stereocenters. The molecule has 170 valence electrons. The second-order valence-electron chi connectivity index (χ2n) is 8.49. The first-order valence-corrected chi connectivity index (χ1v) is 10.5. The molecule has 2 aliphatic heterocycles. The van der Waals surface area contributed by atoms with Crippen molar-refractivity contribution in [2.24, 2.45) is 0 Å². The Bertz CT molecular complexity index is 1000. The largest absolute Gasteiger partial charge is 0.422 e. The lowest BCUT2D eigenvalue weighted by Gasteiger charge is -2.48. The summed E-state index contributed by atoms with van der Waals surface area (Å²) in [6.45, 7) is 6.25. The number of aliphatic hydroxyl groups excluding tert-OH is 3. The summed E-state index contributed by atoms with van der Waals surface area (Å²) in [5.74, 6) is 0. The van der Waals surface area contributed by atoms with Gasteiger partial charge in [-0.3, -0.25) is 0 Å². The molecule has 1 aromatic heterocycles. The smallest absolute Gasteiger partial charge is 0.338 e. The number of aryl methyl sites for hydroxylation is 1. The van der Waals surface area contributed by atoms with Crippen LogP contribution >= 0.6 is 0 Å². The highest BCUT2D eigenvalue weighted by Crippen LogP contribution is 2.41. The molecule has 0 unspecified atom stereocenters. The minimum absolute atomic E-state index is 0.402. The molecule has 2 fully saturated rings. The maximum Gasteiger partial charge on any atom is 0.338 e. The normalized spacial score (nSPS) is 31.9. The topological polar surface area (TPSA) is 125 Å². The molecule has 0 saturated carbocycles. The third kappa shape index (κ3) is 3.75. The van der Waals surface area contributed by atoms with Gasteiger partial charge in [0.2, 0.25) is 0 Å². The maximum absolute atomic E-state index is 12.4. The van der Waals surface area contributed by atoms with Gasteiger partial charge in [-0.05, 0) is 31.0 Å². The van der Waals surface area contributed by atoms with Gasteiger partial charge in [0.05, 0.1) is 12.3 Å². The molecule has 2 aromatic rings. The van der Waals surface area contributed by atoms with Crippen LogP contribution in [0.2, 0.25) is 0 Å². The number of ether oxygens (including phenoxy) is 2. The lowest BCUT2D eigenvalue weighted by molar-refractivity contribution is -0.279. The number of aliphatic hydroxyl groups is 3. The van der Waals surface area contributed by atoms with Gasteiger partial charge in [-0.15, -0.1) is 0 Å². The number of fused-ring (bicyclic) bond motifs is 1.